The third kappa shape index (κ3) is 3.29. The van der Waals surface area contributed by atoms with E-state index in [2.05, 4.69) is 15.0 Å². The molecule has 0 radical (unpaired) electrons. The standard InChI is InChI=1S/C15H13F3N4O2/c16-15(17,18)12-3-1-2-11(21-12)9-4-5-22(8-9)14(24)13-19-6-10(23)7-20-13/h1-3,6-7,9,23H,4-5,8H2. The van der Waals surface area contributed by atoms with Gasteiger partial charge in [-0.3, -0.25) is 4.79 Å². The Labute approximate surface area is 135 Å². The molecule has 1 aliphatic heterocycles. The van der Waals surface area contributed by atoms with Gasteiger partial charge in [0.15, 0.2) is 5.75 Å². The molecule has 126 valence electrons. The third-order valence-corrected chi connectivity index (χ3v) is 3.78. The normalized spacial score (nSPS) is 18.0. The molecule has 3 heterocycles. The van der Waals surface area contributed by atoms with Crippen molar-refractivity contribution in [3.63, 3.8) is 0 Å². The Kier molecular flexibility index (Phi) is 4.08. The van der Waals surface area contributed by atoms with Crippen molar-refractivity contribution >= 4 is 5.91 Å². The van der Waals surface area contributed by atoms with E-state index in [1.165, 1.54) is 17.0 Å². The average molecular weight is 338 g/mol. The lowest BCUT2D eigenvalue weighted by Gasteiger charge is -2.16. The first kappa shape index (κ1) is 16.2. The van der Waals surface area contributed by atoms with Gasteiger partial charge >= 0.3 is 6.18 Å². The number of hydrogen-bond acceptors (Lipinski definition) is 5. The Morgan fingerprint density at radius 3 is 2.62 bits per heavy atom. The fourth-order valence-electron chi connectivity index (χ4n) is 2.60. The molecule has 2 aromatic heterocycles. The highest BCUT2D eigenvalue weighted by atomic mass is 19.4. The molecule has 0 saturated carbocycles. The fourth-order valence-corrected chi connectivity index (χ4v) is 2.60. The second-order valence-electron chi connectivity index (χ2n) is 5.45. The number of hydrogen-bond donors (Lipinski definition) is 1. The number of carbonyl (C=O) groups excluding carboxylic acids is 1. The number of aromatic nitrogens is 3. The van der Waals surface area contributed by atoms with Crippen molar-refractivity contribution in [1.29, 1.82) is 0 Å². The van der Waals surface area contributed by atoms with E-state index in [0.717, 1.165) is 18.5 Å². The predicted octanol–water partition coefficient (Wildman–Crippen LogP) is 2.23. The van der Waals surface area contributed by atoms with E-state index in [4.69, 9.17) is 5.11 Å². The lowest BCUT2D eigenvalue weighted by atomic mass is 10.0. The van der Waals surface area contributed by atoms with Crippen LogP contribution in [0.3, 0.4) is 0 Å². The van der Waals surface area contributed by atoms with Crippen molar-refractivity contribution in [1.82, 2.24) is 19.9 Å². The zero-order chi connectivity index (χ0) is 17.3. The van der Waals surface area contributed by atoms with Crippen LogP contribution in [0.2, 0.25) is 0 Å². The molecule has 0 bridgehead atoms. The molecule has 1 saturated heterocycles. The molecule has 1 aliphatic rings. The number of rotatable bonds is 2. The second-order valence-corrected chi connectivity index (χ2v) is 5.45. The summed E-state index contributed by atoms with van der Waals surface area (Å²) in [7, 11) is 0. The summed E-state index contributed by atoms with van der Waals surface area (Å²) in [4.78, 5) is 24.9. The van der Waals surface area contributed by atoms with Crippen LogP contribution in [0.15, 0.2) is 30.6 Å². The van der Waals surface area contributed by atoms with Gasteiger partial charge in [0.25, 0.3) is 5.91 Å². The number of carbonyl (C=O) groups is 1. The molecule has 9 heteroatoms. The largest absolute Gasteiger partial charge is 0.505 e. The van der Waals surface area contributed by atoms with Crippen molar-refractivity contribution in [2.75, 3.05) is 13.1 Å². The predicted molar refractivity (Wildman–Crippen MR) is 76.2 cm³/mol. The van der Waals surface area contributed by atoms with Gasteiger partial charge < -0.3 is 10.0 Å². The first-order valence-electron chi connectivity index (χ1n) is 7.19. The van der Waals surface area contributed by atoms with Crippen molar-refractivity contribution in [3.05, 3.63) is 47.8 Å². The molecule has 0 spiro atoms. The smallest absolute Gasteiger partial charge is 0.433 e. The van der Waals surface area contributed by atoms with Crippen LogP contribution in [0.4, 0.5) is 13.2 Å². The molecule has 6 nitrogen and oxygen atoms in total. The van der Waals surface area contributed by atoms with Crippen molar-refractivity contribution in [2.45, 2.75) is 18.5 Å². The van der Waals surface area contributed by atoms with E-state index in [-0.39, 0.29) is 24.0 Å². The van der Waals surface area contributed by atoms with Gasteiger partial charge in [-0.25, -0.2) is 15.0 Å². The highest BCUT2D eigenvalue weighted by Crippen LogP contribution is 2.31. The molecule has 3 rings (SSSR count). The Hall–Kier alpha value is -2.71. The molecule has 1 unspecified atom stereocenters. The number of halogens is 3. The van der Waals surface area contributed by atoms with Crippen molar-refractivity contribution in [3.8, 4) is 5.75 Å². The lowest BCUT2D eigenvalue weighted by molar-refractivity contribution is -0.141. The van der Waals surface area contributed by atoms with Gasteiger partial charge in [-0.05, 0) is 18.6 Å². The minimum absolute atomic E-state index is 0.0644. The van der Waals surface area contributed by atoms with Gasteiger partial charge in [0.1, 0.15) is 5.69 Å². The number of likely N-dealkylation sites (tertiary alicyclic amines) is 1. The molecule has 1 amide bonds. The first-order chi connectivity index (χ1) is 11.3. The topological polar surface area (TPSA) is 79.2 Å². The van der Waals surface area contributed by atoms with Crippen LogP contribution >= 0.6 is 0 Å². The molecule has 1 fully saturated rings. The van der Waals surface area contributed by atoms with Crippen LogP contribution in [0.25, 0.3) is 0 Å². The van der Waals surface area contributed by atoms with Crippen LogP contribution < -0.4 is 0 Å². The summed E-state index contributed by atoms with van der Waals surface area (Å²) >= 11 is 0. The second kappa shape index (κ2) is 6.06. The van der Waals surface area contributed by atoms with Crippen LogP contribution in [0.5, 0.6) is 5.75 Å². The summed E-state index contributed by atoms with van der Waals surface area (Å²) in [6.07, 6.45) is -1.76. The number of amides is 1. The first-order valence-corrected chi connectivity index (χ1v) is 7.19. The number of aromatic hydroxyl groups is 1. The molecule has 1 N–H and O–H groups in total. The Bertz CT molecular complexity index is 749. The summed E-state index contributed by atoms with van der Waals surface area (Å²) in [6.45, 7) is 0.628. The van der Waals surface area contributed by atoms with Crippen LogP contribution in [-0.2, 0) is 6.18 Å². The fraction of sp³-hybridized carbons (Fsp3) is 0.333. The van der Waals surface area contributed by atoms with Crippen molar-refractivity contribution < 1.29 is 23.1 Å². The molecule has 24 heavy (non-hydrogen) atoms. The van der Waals surface area contributed by atoms with Gasteiger partial charge in [0, 0.05) is 24.7 Å². The maximum absolute atomic E-state index is 12.7. The monoisotopic (exact) mass is 338 g/mol. The van der Waals surface area contributed by atoms with Crippen molar-refractivity contribution in [2.24, 2.45) is 0 Å². The van der Waals surface area contributed by atoms with E-state index >= 15 is 0 Å². The minimum atomic E-state index is -4.50. The molecule has 0 aromatic carbocycles. The Balaban J connectivity index is 1.73. The highest BCUT2D eigenvalue weighted by molar-refractivity contribution is 5.90. The van der Waals surface area contributed by atoms with Crippen LogP contribution in [-0.4, -0.2) is 44.0 Å². The molecule has 1 atom stereocenters. The Morgan fingerprint density at radius 1 is 1.25 bits per heavy atom. The molecule has 2 aromatic rings. The SMILES string of the molecule is O=C(c1ncc(O)cn1)N1CCC(c2cccc(C(F)(F)F)n2)C1. The lowest BCUT2D eigenvalue weighted by Crippen LogP contribution is -2.30. The third-order valence-electron chi connectivity index (χ3n) is 3.78. The van der Waals surface area contributed by atoms with Gasteiger partial charge in [-0.15, -0.1) is 0 Å². The Morgan fingerprint density at radius 2 is 1.96 bits per heavy atom. The minimum Gasteiger partial charge on any atom is -0.505 e. The summed E-state index contributed by atoms with van der Waals surface area (Å²) in [5, 5.41) is 9.14. The van der Waals surface area contributed by atoms with E-state index in [1.807, 2.05) is 0 Å². The van der Waals surface area contributed by atoms with Crippen LogP contribution in [0, 0.1) is 0 Å². The summed E-state index contributed by atoms with van der Waals surface area (Å²) in [5.41, 5.74) is -0.626. The zero-order valence-electron chi connectivity index (χ0n) is 12.4. The molecular weight excluding hydrogens is 325 g/mol. The quantitative estimate of drug-likeness (QED) is 0.908. The maximum Gasteiger partial charge on any atom is 0.433 e. The van der Waals surface area contributed by atoms with Crippen LogP contribution in [0.1, 0.15) is 34.3 Å². The van der Waals surface area contributed by atoms with E-state index in [1.54, 1.807) is 0 Å². The summed E-state index contributed by atoms with van der Waals surface area (Å²) in [5.74, 6) is -0.915. The van der Waals surface area contributed by atoms with E-state index in [0.29, 0.717) is 18.7 Å². The van der Waals surface area contributed by atoms with Gasteiger partial charge in [-0.2, -0.15) is 13.2 Å². The summed E-state index contributed by atoms with van der Waals surface area (Å²) < 4.78 is 38.2. The molecule has 0 aliphatic carbocycles. The number of nitrogens with zero attached hydrogens (tertiary/aromatic N) is 4. The number of pyridine rings is 1. The number of alkyl halides is 3. The van der Waals surface area contributed by atoms with Gasteiger partial charge in [0.2, 0.25) is 5.82 Å². The van der Waals surface area contributed by atoms with Gasteiger partial charge in [-0.1, -0.05) is 6.07 Å². The van der Waals surface area contributed by atoms with Gasteiger partial charge in [0.05, 0.1) is 12.4 Å². The van der Waals surface area contributed by atoms with E-state index < -0.39 is 17.8 Å². The highest BCUT2D eigenvalue weighted by Gasteiger charge is 2.34. The zero-order valence-corrected chi connectivity index (χ0v) is 12.4. The summed E-state index contributed by atoms with van der Waals surface area (Å²) in [6, 6.07) is 3.77. The maximum atomic E-state index is 12.7. The average Bonchev–Trinajstić information content (AvgIpc) is 3.04. The van der Waals surface area contributed by atoms with E-state index in [9.17, 15) is 18.0 Å². The molecular formula is C15H13F3N4O2.